The molecule has 1 aromatic rings. The topological polar surface area (TPSA) is 44.1 Å². The lowest BCUT2D eigenvalue weighted by Crippen LogP contribution is -2.25. The first kappa shape index (κ1) is 15.3. The number of halogens is 4. The van der Waals surface area contributed by atoms with Crippen molar-refractivity contribution in [2.75, 3.05) is 13.2 Å². The molecule has 8 heteroatoms. The SMILES string of the molecule is O=c1cc(Cl)nc(C2CC2)n1CCCOCC(F)(F)F. The van der Waals surface area contributed by atoms with Crippen LogP contribution in [0.15, 0.2) is 10.9 Å². The number of alkyl halides is 3. The van der Waals surface area contributed by atoms with Gasteiger partial charge >= 0.3 is 6.18 Å². The molecule has 1 aliphatic carbocycles. The lowest BCUT2D eigenvalue weighted by molar-refractivity contribution is -0.174. The van der Waals surface area contributed by atoms with Gasteiger partial charge in [0, 0.05) is 25.1 Å². The molecule has 20 heavy (non-hydrogen) atoms. The van der Waals surface area contributed by atoms with Crippen LogP contribution in [0.25, 0.3) is 0 Å². The molecular weight excluding hydrogens is 297 g/mol. The Hall–Kier alpha value is -1.08. The van der Waals surface area contributed by atoms with E-state index in [1.807, 2.05) is 0 Å². The van der Waals surface area contributed by atoms with E-state index in [0.717, 1.165) is 12.8 Å². The highest BCUT2D eigenvalue weighted by atomic mass is 35.5. The van der Waals surface area contributed by atoms with Gasteiger partial charge in [0.05, 0.1) is 0 Å². The fourth-order valence-electron chi connectivity index (χ4n) is 1.89. The Balaban J connectivity index is 1.91. The molecule has 1 aliphatic rings. The van der Waals surface area contributed by atoms with E-state index in [1.54, 1.807) is 0 Å². The second-order valence-electron chi connectivity index (χ2n) is 4.72. The third-order valence-electron chi connectivity index (χ3n) is 2.89. The fourth-order valence-corrected chi connectivity index (χ4v) is 2.07. The second kappa shape index (κ2) is 6.13. The normalized spacial score (nSPS) is 15.6. The molecule has 4 nitrogen and oxygen atoms in total. The van der Waals surface area contributed by atoms with Crippen LogP contribution in [0, 0.1) is 0 Å². The van der Waals surface area contributed by atoms with Crippen molar-refractivity contribution < 1.29 is 17.9 Å². The molecule has 1 fully saturated rings. The zero-order chi connectivity index (χ0) is 14.8. The van der Waals surface area contributed by atoms with Gasteiger partial charge in [0.25, 0.3) is 5.56 Å². The summed E-state index contributed by atoms with van der Waals surface area (Å²) >= 11 is 5.75. The van der Waals surface area contributed by atoms with E-state index in [0.29, 0.717) is 12.2 Å². The number of rotatable bonds is 6. The average Bonchev–Trinajstić information content (AvgIpc) is 3.13. The summed E-state index contributed by atoms with van der Waals surface area (Å²) in [5, 5.41) is 0.154. The third kappa shape index (κ3) is 4.49. The summed E-state index contributed by atoms with van der Waals surface area (Å²) in [6, 6.07) is 1.21. The molecule has 0 unspecified atom stereocenters. The predicted octanol–water partition coefficient (Wildman–Crippen LogP) is 2.74. The first-order valence-electron chi connectivity index (χ1n) is 6.28. The minimum Gasteiger partial charge on any atom is -0.372 e. The van der Waals surface area contributed by atoms with Gasteiger partial charge in [0.15, 0.2) is 0 Å². The summed E-state index contributed by atoms with van der Waals surface area (Å²) < 4.78 is 41.6. The maximum Gasteiger partial charge on any atom is 0.411 e. The Morgan fingerprint density at radius 2 is 2.15 bits per heavy atom. The minimum absolute atomic E-state index is 0.0569. The number of nitrogens with zero attached hydrogens (tertiary/aromatic N) is 2. The van der Waals surface area contributed by atoms with Gasteiger partial charge < -0.3 is 4.74 Å². The van der Waals surface area contributed by atoms with Crippen LogP contribution in [0.2, 0.25) is 5.15 Å². The summed E-state index contributed by atoms with van der Waals surface area (Å²) in [6.45, 7) is -1.04. The van der Waals surface area contributed by atoms with Crippen molar-refractivity contribution in [2.45, 2.75) is 37.9 Å². The third-order valence-corrected chi connectivity index (χ3v) is 3.08. The highest BCUT2D eigenvalue weighted by molar-refractivity contribution is 6.29. The summed E-state index contributed by atoms with van der Waals surface area (Å²) in [5.41, 5.74) is -0.275. The predicted molar refractivity (Wildman–Crippen MR) is 67.0 cm³/mol. The largest absolute Gasteiger partial charge is 0.411 e. The number of aromatic nitrogens is 2. The van der Waals surface area contributed by atoms with Crippen molar-refractivity contribution >= 4 is 11.6 Å². The monoisotopic (exact) mass is 310 g/mol. The van der Waals surface area contributed by atoms with Crippen LogP contribution >= 0.6 is 11.6 Å². The summed E-state index contributed by atoms with van der Waals surface area (Å²) in [6.07, 6.45) is -2.09. The van der Waals surface area contributed by atoms with Gasteiger partial charge in [-0.2, -0.15) is 13.2 Å². The molecule has 0 radical (unpaired) electrons. The van der Waals surface area contributed by atoms with Crippen LogP contribution in [0.4, 0.5) is 13.2 Å². The van der Waals surface area contributed by atoms with Crippen LogP contribution in [-0.2, 0) is 11.3 Å². The summed E-state index contributed by atoms with van der Waals surface area (Å²) in [4.78, 5) is 16.0. The van der Waals surface area contributed by atoms with Gasteiger partial charge in [-0.15, -0.1) is 0 Å². The van der Waals surface area contributed by atoms with E-state index >= 15 is 0 Å². The maximum atomic E-state index is 11.9. The summed E-state index contributed by atoms with van der Waals surface area (Å²) in [7, 11) is 0. The second-order valence-corrected chi connectivity index (χ2v) is 5.11. The van der Waals surface area contributed by atoms with Crippen molar-refractivity contribution in [3.8, 4) is 0 Å². The highest BCUT2D eigenvalue weighted by Crippen LogP contribution is 2.38. The van der Waals surface area contributed by atoms with Crippen LogP contribution < -0.4 is 5.56 Å². The molecule has 1 heterocycles. The number of hydrogen-bond acceptors (Lipinski definition) is 3. The first-order chi connectivity index (χ1) is 9.37. The lowest BCUT2D eigenvalue weighted by Gasteiger charge is -2.12. The Labute approximate surface area is 118 Å². The van der Waals surface area contributed by atoms with Crippen molar-refractivity contribution in [1.82, 2.24) is 9.55 Å². The van der Waals surface area contributed by atoms with Gasteiger partial charge in [0.1, 0.15) is 17.6 Å². The minimum atomic E-state index is -4.32. The van der Waals surface area contributed by atoms with E-state index in [2.05, 4.69) is 9.72 Å². The van der Waals surface area contributed by atoms with E-state index in [9.17, 15) is 18.0 Å². The Bertz CT molecular complexity index is 526. The van der Waals surface area contributed by atoms with Gasteiger partial charge in [0.2, 0.25) is 0 Å². The Kier molecular flexibility index (Phi) is 4.70. The quantitative estimate of drug-likeness (QED) is 0.599. The first-order valence-corrected chi connectivity index (χ1v) is 6.66. The smallest absolute Gasteiger partial charge is 0.372 e. The molecule has 1 saturated carbocycles. The molecule has 0 bridgehead atoms. The maximum absolute atomic E-state index is 11.9. The van der Waals surface area contributed by atoms with E-state index in [4.69, 9.17) is 11.6 Å². The van der Waals surface area contributed by atoms with Gasteiger partial charge in [-0.25, -0.2) is 4.98 Å². The van der Waals surface area contributed by atoms with E-state index in [1.165, 1.54) is 10.6 Å². The Morgan fingerprint density at radius 3 is 2.75 bits per heavy atom. The van der Waals surface area contributed by atoms with Crippen molar-refractivity contribution in [2.24, 2.45) is 0 Å². The zero-order valence-corrected chi connectivity index (χ0v) is 11.4. The molecule has 1 aromatic heterocycles. The molecule has 0 N–H and O–H groups in total. The zero-order valence-electron chi connectivity index (χ0n) is 10.6. The molecule has 0 saturated heterocycles. The van der Waals surface area contributed by atoms with Gasteiger partial charge in [-0.1, -0.05) is 11.6 Å². The van der Waals surface area contributed by atoms with Crippen LogP contribution in [0.1, 0.15) is 31.0 Å². The number of hydrogen-bond donors (Lipinski definition) is 0. The highest BCUT2D eigenvalue weighted by Gasteiger charge is 2.29. The molecule has 2 rings (SSSR count). The van der Waals surface area contributed by atoms with Crippen molar-refractivity contribution in [3.63, 3.8) is 0 Å². The number of ether oxygens (including phenoxy) is 1. The van der Waals surface area contributed by atoms with E-state index in [-0.39, 0.29) is 29.8 Å². The van der Waals surface area contributed by atoms with Gasteiger partial charge in [-0.3, -0.25) is 9.36 Å². The average molecular weight is 311 g/mol. The molecule has 0 aromatic carbocycles. The fraction of sp³-hybridized carbons (Fsp3) is 0.667. The molecule has 0 aliphatic heterocycles. The summed E-state index contributed by atoms with van der Waals surface area (Å²) in [5.74, 6) is 0.857. The molecule has 112 valence electrons. The van der Waals surface area contributed by atoms with Crippen molar-refractivity contribution in [3.05, 3.63) is 27.4 Å². The molecular formula is C12H14ClF3N2O2. The van der Waals surface area contributed by atoms with Crippen LogP contribution in [0.5, 0.6) is 0 Å². The lowest BCUT2D eigenvalue weighted by atomic mass is 10.3. The molecule has 0 atom stereocenters. The van der Waals surface area contributed by atoms with Crippen LogP contribution in [0.3, 0.4) is 0 Å². The molecule has 0 amide bonds. The van der Waals surface area contributed by atoms with Crippen LogP contribution in [-0.4, -0.2) is 28.9 Å². The standard InChI is InChI=1S/C12H14ClF3N2O2/c13-9-6-10(19)18(11(17-9)8-2-3-8)4-1-5-20-7-12(14,15)16/h6,8H,1-5,7H2. The Morgan fingerprint density at radius 1 is 1.45 bits per heavy atom. The van der Waals surface area contributed by atoms with E-state index < -0.39 is 12.8 Å². The van der Waals surface area contributed by atoms with Gasteiger partial charge in [-0.05, 0) is 19.3 Å². The molecule has 0 spiro atoms. The van der Waals surface area contributed by atoms with Crippen molar-refractivity contribution in [1.29, 1.82) is 0 Å².